The van der Waals surface area contributed by atoms with Crippen molar-refractivity contribution >= 4 is 11.9 Å². The highest BCUT2D eigenvalue weighted by atomic mass is 16.5. The standard InChI is InChI=1S/C24H35N3O4/c1-5-25-12-7-9-20(25)16-26(13-11-23(28)30-6-2)24(29)22-15-18(3)27(19(22)4)17-21-10-8-14-31-21/h8,10,14-15,20H,5-7,9,11-13,16-17H2,1-4H3. The molecule has 3 rings (SSSR count). The first-order valence-corrected chi connectivity index (χ1v) is 11.3. The number of furan rings is 1. The summed E-state index contributed by atoms with van der Waals surface area (Å²) in [7, 11) is 0. The third-order valence-corrected chi connectivity index (χ3v) is 6.21. The minimum Gasteiger partial charge on any atom is -0.467 e. The molecule has 1 saturated heterocycles. The summed E-state index contributed by atoms with van der Waals surface area (Å²) in [5, 5.41) is 0. The van der Waals surface area contributed by atoms with Gasteiger partial charge >= 0.3 is 5.97 Å². The van der Waals surface area contributed by atoms with Crippen molar-refractivity contribution in [3.63, 3.8) is 0 Å². The van der Waals surface area contributed by atoms with E-state index in [2.05, 4.69) is 16.4 Å². The van der Waals surface area contributed by atoms with Crippen molar-refractivity contribution in [1.82, 2.24) is 14.4 Å². The molecule has 0 aromatic carbocycles. The van der Waals surface area contributed by atoms with E-state index in [0.717, 1.165) is 43.1 Å². The Morgan fingerprint density at radius 1 is 1.29 bits per heavy atom. The molecular formula is C24H35N3O4. The summed E-state index contributed by atoms with van der Waals surface area (Å²) in [5.74, 6) is 0.568. The van der Waals surface area contributed by atoms with Gasteiger partial charge in [0.25, 0.3) is 5.91 Å². The fraction of sp³-hybridized carbons (Fsp3) is 0.583. The number of esters is 1. The highest BCUT2D eigenvalue weighted by Crippen LogP contribution is 2.22. The van der Waals surface area contributed by atoms with E-state index in [4.69, 9.17) is 9.15 Å². The molecule has 0 bridgehead atoms. The molecule has 2 aromatic heterocycles. The van der Waals surface area contributed by atoms with Crippen molar-refractivity contribution in [3.8, 4) is 0 Å². The molecule has 1 aliphatic heterocycles. The molecule has 0 aliphatic carbocycles. The lowest BCUT2D eigenvalue weighted by molar-refractivity contribution is -0.143. The minimum absolute atomic E-state index is 0.0222. The van der Waals surface area contributed by atoms with Crippen LogP contribution in [0.2, 0.25) is 0 Å². The summed E-state index contributed by atoms with van der Waals surface area (Å²) in [5.41, 5.74) is 2.62. The maximum Gasteiger partial charge on any atom is 0.307 e. The summed E-state index contributed by atoms with van der Waals surface area (Å²) in [6, 6.07) is 6.09. The Morgan fingerprint density at radius 2 is 2.10 bits per heavy atom. The average Bonchev–Trinajstić information content (AvgIpc) is 3.48. The van der Waals surface area contributed by atoms with Gasteiger partial charge in [0.15, 0.2) is 0 Å². The Labute approximate surface area is 184 Å². The molecule has 0 N–H and O–H groups in total. The number of hydrogen-bond acceptors (Lipinski definition) is 5. The van der Waals surface area contributed by atoms with E-state index in [1.807, 2.05) is 36.9 Å². The van der Waals surface area contributed by atoms with Gasteiger partial charge in [-0.1, -0.05) is 6.92 Å². The van der Waals surface area contributed by atoms with E-state index in [1.54, 1.807) is 13.2 Å². The van der Waals surface area contributed by atoms with Crippen molar-refractivity contribution in [1.29, 1.82) is 0 Å². The van der Waals surface area contributed by atoms with E-state index >= 15 is 0 Å². The molecule has 0 radical (unpaired) electrons. The van der Waals surface area contributed by atoms with Crippen molar-refractivity contribution in [3.05, 3.63) is 47.2 Å². The van der Waals surface area contributed by atoms with Crippen LogP contribution in [0.25, 0.3) is 0 Å². The Balaban J connectivity index is 1.80. The number of rotatable bonds is 10. The molecule has 0 saturated carbocycles. The van der Waals surface area contributed by atoms with Gasteiger partial charge in [0.2, 0.25) is 0 Å². The number of aromatic nitrogens is 1. The summed E-state index contributed by atoms with van der Waals surface area (Å²) in [4.78, 5) is 29.9. The van der Waals surface area contributed by atoms with Crippen LogP contribution >= 0.6 is 0 Å². The van der Waals surface area contributed by atoms with Gasteiger partial charge in [0.05, 0.1) is 31.4 Å². The summed E-state index contributed by atoms with van der Waals surface area (Å²) >= 11 is 0. The number of likely N-dealkylation sites (tertiary alicyclic amines) is 1. The Hall–Kier alpha value is -2.54. The average molecular weight is 430 g/mol. The number of nitrogens with zero attached hydrogens (tertiary/aromatic N) is 3. The van der Waals surface area contributed by atoms with Crippen molar-refractivity contribution < 1.29 is 18.7 Å². The molecule has 3 heterocycles. The number of likely N-dealkylation sites (N-methyl/N-ethyl adjacent to an activating group) is 1. The molecule has 1 fully saturated rings. The summed E-state index contributed by atoms with van der Waals surface area (Å²) in [6.07, 6.45) is 4.10. The van der Waals surface area contributed by atoms with Crippen LogP contribution in [0.5, 0.6) is 0 Å². The molecule has 31 heavy (non-hydrogen) atoms. The van der Waals surface area contributed by atoms with Gasteiger partial charge < -0.3 is 18.6 Å². The molecule has 1 atom stereocenters. The molecule has 7 heteroatoms. The molecule has 0 spiro atoms. The van der Waals surface area contributed by atoms with E-state index in [1.165, 1.54) is 0 Å². The van der Waals surface area contributed by atoms with Gasteiger partial charge in [0, 0.05) is 30.5 Å². The quantitative estimate of drug-likeness (QED) is 0.540. The number of ether oxygens (including phenoxy) is 1. The first kappa shape index (κ1) is 23.1. The molecule has 2 aromatic rings. The molecule has 170 valence electrons. The lowest BCUT2D eigenvalue weighted by atomic mass is 10.1. The van der Waals surface area contributed by atoms with E-state index in [0.29, 0.717) is 37.8 Å². The van der Waals surface area contributed by atoms with Crippen LogP contribution in [0.1, 0.15) is 60.6 Å². The Bertz CT molecular complexity index is 872. The third kappa shape index (κ3) is 5.58. The molecule has 7 nitrogen and oxygen atoms in total. The van der Waals surface area contributed by atoms with Gasteiger partial charge in [-0.15, -0.1) is 0 Å². The van der Waals surface area contributed by atoms with Gasteiger partial charge in [-0.2, -0.15) is 0 Å². The Kier molecular flexibility index (Phi) is 7.96. The molecule has 1 amide bonds. The number of carbonyl (C=O) groups excluding carboxylic acids is 2. The van der Waals surface area contributed by atoms with E-state index < -0.39 is 0 Å². The predicted molar refractivity (Wildman–Crippen MR) is 119 cm³/mol. The van der Waals surface area contributed by atoms with Gasteiger partial charge in [-0.05, 0) is 64.9 Å². The molecule has 1 aliphatic rings. The number of amides is 1. The number of aryl methyl sites for hydroxylation is 1. The van der Waals surface area contributed by atoms with Crippen LogP contribution in [-0.4, -0.2) is 65.1 Å². The maximum absolute atomic E-state index is 13.6. The number of hydrogen-bond donors (Lipinski definition) is 0. The van der Waals surface area contributed by atoms with Crippen LogP contribution in [-0.2, 0) is 16.1 Å². The first-order valence-electron chi connectivity index (χ1n) is 11.3. The van der Waals surface area contributed by atoms with Crippen molar-refractivity contribution in [2.45, 2.75) is 59.5 Å². The predicted octanol–water partition coefficient (Wildman–Crippen LogP) is 3.63. The lowest BCUT2D eigenvalue weighted by Gasteiger charge is -2.30. The second kappa shape index (κ2) is 10.7. The van der Waals surface area contributed by atoms with Crippen LogP contribution < -0.4 is 0 Å². The van der Waals surface area contributed by atoms with Crippen LogP contribution in [0.3, 0.4) is 0 Å². The monoisotopic (exact) mass is 429 g/mol. The van der Waals surface area contributed by atoms with E-state index in [9.17, 15) is 9.59 Å². The topological polar surface area (TPSA) is 67.9 Å². The van der Waals surface area contributed by atoms with Crippen LogP contribution in [0.15, 0.2) is 28.9 Å². The fourth-order valence-electron chi connectivity index (χ4n) is 4.50. The second-order valence-corrected chi connectivity index (χ2v) is 8.18. The smallest absolute Gasteiger partial charge is 0.307 e. The largest absolute Gasteiger partial charge is 0.467 e. The zero-order chi connectivity index (χ0) is 22.4. The van der Waals surface area contributed by atoms with Gasteiger partial charge in [0.1, 0.15) is 5.76 Å². The highest BCUT2D eigenvalue weighted by molar-refractivity contribution is 5.96. The fourth-order valence-corrected chi connectivity index (χ4v) is 4.50. The highest BCUT2D eigenvalue weighted by Gasteiger charge is 2.29. The van der Waals surface area contributed by atoms with Crippen molar-refractivity contribution in [2.24, 2.45) is 0 Å². The first-order chi connectivity index (χ1) is 14.9. The van der Waals surface area contributed by atoms with Crippen LogP contribution in [0, 0.1) is 13.8 Å². The zero-order valence-corrected chi connectivity index (χ0v) is 19.2. The second-order valence-electron chi connectivity index (χ2n) is 8.18. The molecular weight excluding hydrogens is 394 g/mol. The maximum atomic E-state index is 13.6. The van der Waals surface area contributed by atoms with Gasteiger partial charge in [-0.3, -0.25) is 14.5 Å². The third-order valence-electron chi connectivity index (χ3n) is 6.21. The number of carbonyl (C=O) groups is 2. The minimum atomic E-state index is -0.262. The molecule has 1 unspecified atom stereocenters. The van der Waals surface area contributed by atoms with Crippen LogP contribution in [0.4, 0.5) is 0 Å². The van der Waals surface area contributed by atoms with E-state index in [-0.39, 0.29) is 18.3 Å². The Morgan fingerprint density at radius 3 is 2.77 bits per heavy atom. The van der Waals surface area contributed by atoms with Crippen molar-refractivity contribution in [2.75, 3.05) is 32.8 Å². The summed E-state index contributed by atoms with van der Waals surface area (Å²) < 4.78 is 12.7. The normalized spacial score (nSPS) is 16.6. The summed E-state index contributed by atoms with van der Waals surface area (Å²) in [6.45, 7) is 11.9. The zero-order valence-electron chi connectivity index (χ0n) is 19.2. The lowest BCUT2D eigenvalue weighted by Crippen LogP contribution is -2.44. The SMILES string of the molecule is CCOC(=O)CCN(CC1CCCN1CC)C(=O)c1cc(C)n(Cc2ccco2)c1C. The van der Waals surface area contributed by atoms with Gasteiger partial charge in [-0.25, -0.2) is 0 Å².